The second-order valence-corrected chi connectivity index (χ2v) is 6.47. The van der Waals surface area contributed by atoms with Crippen molar-refractivity contribution in [3.05, 3.63) is 48.6 Å². The fourth-order valence-electron chi connectivity index (χ4n) is 3.02. The summed E-state index contributed by atoms with van der Waals surface area (Å²) in [6.07, 6.45) is 10.5. The van der Waals surface area contributed by atoms with Crippen molar-refractivity contribution in [1.29, 1.82) is 0 Å². The van der Waals surface area contributed by atoms with Crippen LogP contribution >= 0.6 is 0 Å². The van der Waals surface area contributed by atoms with Gasteiger partial charge in [-0.15, -0.1) is 0 Å². The first kappa shape index (κ1) is 19.8. The van der Waals surface area contributed by atoms with Gasteiger partial charge in [-0.2, -0.15) is 0 Å². The highest BCUT2D eigenvalue weighted by Gasteiger charge is 2.19. The first-order valence-electron chi connectivity index (χ1n) is 9.39. The van der Waals surface area contributed by atoms with E-state index in [1.165, 1.54) is 18.9 Å². The lowest BCUT2D eigenvalue weighted by molar-refractivity contribution is -0.124. The van der Waals surface area contributed by atoms with Gasteiger partial charge in [0.15, 0.2) is 0 Å². The number of carbonyl (C=O) groups is 2. The summed E-state index contributed by atoms with van der Waals surface area (Å²) in [7, 11) is 0. The zero-order valence-corrected chi connectivity index (χ0v) is 15.7. The first-order valence-corrected chi connectivity index (χ1v) is 9.39. The zero-order chi connectivity index (χ0) is 18.8. The molecule has 0 aromatic heterocycles. The van der Waals surface area contributed by atoms with E-state index >= 15 is 0 Å². The van der Waals surface area contributed by atoms with Crippen LogP contribution in [-0.4, -0.2) is 30.9 Å². The largest absolute Gasteiger partial charge is 0.371 e. The van der Waals surface area contributed by atoms with Gasteiger partial charge in [-0.05, 0) is 44.4 Å². The molecule has 1 fully saturated rings. The Morgan fingerprint density at radius 2 is 2.00 bits per heavy atom. The molecule has 1 heterocycles. The van der Waals surface area contributed by atoms with E-state index in [2.05, 4.69) is 21.6 Å². The molecule has 1 saturated heterocycles. The summed E-state index contributed by atoms with van der Waals surface area (Å²) in [5.41, 5.74) is 1.89. The molecule has 0 spiro atoms. The van der Waals surface area contributed by atoms with Gasteiger partial charge in [0.2, 0.25) is 11.8 Å². The van der Waals surface area contributed by atoms with Crippen molar-refractivity contribution in [3.8, 4) is 0 Å². The van der Waals surface area contributed by atoms with E-state index in [0.717, 1.165) is 30.9 Å². The Bertz CT molecular complexity index is 661. The van der Waals surface area contributed by atoms with Crippen molar-refractivity contribution in [3.63, 3.8) is 0 Å². The molecule has 0 saturated carbocycles. The molecule has 1 aliphatic rings. The van der Waals surface area contributed by atoms with Gasteiger partial charge in [0.05, 0.1) is 0 Å². The van der Waals surface area contributed by atoms with Crippen LogP contribution in [-0.2, 0) is 9.59 Å². The maximum atomic E-state index is 12.6. The van der Waals surface area contributed by atoms with Crippen LogP contribution in [0.3, 0.4) is 0 Å². The Kier molecular flexibility index (Phi) is 7.93. The molecule has 5 heteroatoms. The summed E-state index contributed by atoms with van der Waals surface area (Å²) in [6, 6.07) is 7.36. The van der Waals surface area contributed by atoms with Gasteiger partial charge in [-0.3, -0.25) is 9.59 Å². The van der Waals surface area contributed by atoms with E-state index in [4.69, 9.17) is 0 Å². The second-order valence-electron chi connectivity index (χ2n) is 6.47. The molecule has 5 nitrogen and oxygen atoms in total. The van der Waals surface area contributed by atoms with Crippen LogP contribution in [0.2, 0.25) is 0 Å². The van der Waals surface area contributed by atoms with Crippen molar-refractivity contribution in [2.75, 3.05) is 23.3 Å². The SMILES string of the molecule is C/C=C/C=C/C(=O)NC(CCC)C(=O)Nc1cccc(N2CCCC2)c1. The third kappa shape index (κ3) is 6.06. The molecule has 1 atom stereocenters. The van der Waals surface area contributed by atoms with Gasteiger partial charge in [0.1, 0.15) is 6.04 Å². The average Bonchev–Trinajstić information content (AvgIpc) is 3.16. The number of amides is 2. The number of allylic oxidation sites excluding steroid dienone is 3. The smallest absolute Gasteiger partial charge is 0.246 e. The van der Waals surface area contributed by atoms with Crippen LogP contribution < -0.4 is 15.5 Å². The minimum Gasteiger partial charge on any atom is -0.371 e. The first-order chi connectivity index (χ1) is 12.6. The van der Waals surface area contributed by atoms with Crippen LogP contribution in [0.25, 0.3) is 0 Å². The molecule has 2 rings (SSSR count). The highest BCUT2D eigenvalue weighted by atomic mass is 16.2. The average molecular weight is 355 g/mol. The molecule has 0 radical (unpaired) electrons. The fourth-order valence-corrected chi connectivity index (χ4v) is 3.02. The number of hydrogen-bond acceptors (Lipinski definition) is 3. The molecular formula is C21H29N3O2. The number of benzene rings is 1. The van der Waals surface area contributed by atoms with Crippen LogP contribution in [0.5, 0.6) is 0 Å². The van der Waals surface area contributed by atoms with E-state index < -0.39 is 6.04 Å². The van der Waals surface area contributed by atoms with Gasteiger partial charge in [0.25, 0.3) is 0 Å². The normalized spacial score (nSPS) is 15.5. The number of hydrogen-bond donors (Lipinski definition) is 2. The van der Waals surface area contributed by atoms with Crippen molar-refractivity contribution < 1.29 is 9.59 Å². The Morgan fingerprint density at radius 1 is 1.23 bits per heavy atom. The Balaban J connectivity index is 2.00. The van der Waals surface area contributed by atoms with Gasteiger partial charge >= 0.3 is 0 Å². The number of anilines is 2. The van der Waals surface area contributed by atoms with E-state index in [1.807, 2.05) is 38.1 Å². The summed E-state index contributed by atoms with van der Waals surface area (Å²) in [4.78, 5) is 26.9. The maximum Gasteiger partial charge on any atom is 0.246 e. The fraction of sp³-hybridized carbons (Fsp3) is 0.429. The molecule has 2 amide bonds. The van der Waals surface area contributed by atoms with Crippen LogP contribution in [0, 0.1) is 0 Å². The van der Waals surface area contributed by atoms with Gasteiger partial charge in [0, 0.05) is 30.5 Å². The van der Waals surface area contributed by atoms with E-state index in [-0.39, 0.29) is 11.8 Å². The lowest BCUT2D eigenvalue weighted by Gasteiger charge is -2.20. The highest BCUT2D eigenvalue weighted by molar-refractivity contribution is 5.99. The quantitative estimate of drug-likeness (QED) is 0.553. The molecule has 1 unspecified atom stereocenters. The molecule has 0 aliphatic carbocycles. The Hall–Kier alpha value is -2.56. The van der Waals surface area contributed by atoms with Crippen LogP contribution in [0.4, 0.5) is 11.4 Å². The van der Waals surface area contributed by atoms with E-state index in [9.17, 15) is 9.59 Å². The highest BCUT2D eigenvalue weighted by Crippen LogP contribution is 2.23. The molecule has 140 valence electrons. The van der Waals surface area contributed by atoms with Crippen molar-refractivity contribution in [2.45, 2.75) is 45.6 Å². The van der Waals surface area contributed by atoms with Gasteiger partial charge < -0.3 is 15.5 Å². The Morgan fingerprint density at radius 3 is 2.69 bits per heavy atom. The Labute approximate surface area is 156 Å². The summed E-state index contributed by atoms with van der Waals surface area (Å²) in [6.45, 7) is 6.00. The summed E-state index contributed by atoms with van der Waals surface area (Å²) >= 11 is 0. The molecule has 1 aromatic rings. The number of nitrogens with zero attached hydrogens (tertiary/aromatic N) is 1. The lowest BCUT2D eigenvalue weighted by Crippen LogP contribution is -2.43. The molecule has 1 aliphatic heterocycles. The number of nitrogens with one attached hydrogen (secondary N) is 2. The molecule has 0 bridgehead atoms. The van der Waals surface area contributed by atoms with E-state index in [1.54, 1.807) is 12.2 Å². The van der Waals surface area contributed by atoms with Crippen LogP contribution in [0.1, 0.15) is 39.5 Å². The predicted molar refractivity (Wildman–Crippen MR) is 107 cm³/mol. The molecular weight excluding hydrogens is 326 g/mol. The molecule has 26 heavy (non-hydrogen) atoms. The number of rotatable bonds is 8. The van der Waals surface area contributed by atoms with Crippen molar-refractivity contribution >= 4 is 23.2 Å². The minimum atomic E-state index is -0.543. The number of carbonyl (C=O) groups excluding carboxylic acids is 2. The maximum absolute atomic E-state index is 12.6. The third-order valence-electron chi connectivity index (χ3n) is 4.35. The monoisotopic (exact) mass is 355 g/mol. The molecule has 1 aromatic carbocycles. The summed E-state index contributed by atoms with van der Waals surface area (Å²) in [5.74, 6) is -0.444. The predicted octanol–water partition coefficient (Wildman–Crippen LogP) is 3.64. The van der Waals surface area contributed by atoms with Gasteiger partial charge in [-0.1, -0.05) is 37.6 Å². The van der Waals surface area contributed by atoms with Crippen LogP contribution in [0.15, 0.2) is 48.6 Å². The third-order valence-corrected chi connectivity index (χ3v) is 4.35. The van der Waals surface area contributed by atoms with E-state index in [0.29, 0.717) is 6.42 Å². The van der Waals surface area contributed by atoms with Crippen molar-refractivity contribution in [2.24, 2.45) is 0 Å². The molecule has 2 N–H and O–H groups in total. The standard InChI is InChI=1S/C21H29N3O2/c1-3-5-6-13-20(25)23-19(10-4-2)21(26)22-17-11-9-12-18(16-17)24-14-7-8-15-24/h3,5-6,9,11-13,16,19H,4,7-8,10,14-15H2,1-2H3,(H,22,26)(H,23,25)/b5-3+,13-6+. The summed E-state index contributed by atoms with van der Waals surface area (Å²) in [5, 5.41) is 5.73. The lowest BCUT2D eigenvalue weighted by atomic mass is 10.1. The van der Waals surface area contributed by atoms with Crippen molar-refractivity contribution in [1.82, 2.24) is 5.32 Å². The minimum absolute atomic E-state index is 0.182. The summed E-state index contributed by atoms with van der Waals surface area (Å²) < 4.78 is 0. The zero-order valence-electron chi connectivity index (χ0n) is 15.7. The van der Waals surface area contributed by atoms with Gasteiger partial charge in [-0.25, -0.2) is 0 Å². The second kappa shape index (κ2) is 10.4. The topological polar surface area (TPSA) is 61.4 Å².